The third-order valence-corrected chi connectivity index (χ3v) is 3.00. The third kappa shape index (κ3) is 3.42. The van der Waals surface area contributed by atoms with Crippen LogP contribution in [0, 0.1) is 0 Å². The molecule has 0 aliphatic rings. The van der Waals surface area contributed by atoms with E-state index in [1.807, 2.05) is 36.4 Å². The second kappa shape index (κ2) is 6.61. The van der Waals surface area contributed by atoms with Gasteiger partial charge in [-0.2, -0.15) is 0 Å². The number of hydrogen-bond donors (Lipinski definition) is 1. The van der Waals surface area contributed by atoms with Crippen LogP contribution in [0.3, 0.4) is 0 Å². The van der Waals surface area contributed by atoms with Crippen LogP contribution in [0.2, 0.25) is 0 Å². The average molecular weight is 284 g/mol. The molecule has 2 aromatic rings. The van der Waals surface area contributed by atoms with Gasteiger partial charge in [-0.1, -0.05) is 42.5 Å². The Morgan fingerprint density at radius 3 is 2.43 bits per heavy atom. The lowest BCUT2D eigenvalue weighted by Gasteiger charge is -2.09. The Morgan fingerprint density at radius 2 is 1.81 bits per heavy atom. The van der Waals surface area contributed by atoms with Crippen LogP contribution in [-0.2, 0) is 4.74 Å². The first kappa shape index (κ1) is 14.7. The molecule has 21 heavy (non-hydrogen) atoms. The van der Waals surface area contributed by atoms with Gasteiger partial charge < -0.3 is 14.6 Å². The molecule has 0 heterocycles. The van der Waals surface area contributed by atoms with E-state index >= 15 is 0 Å². The number of phenols is 1. The molecular formula is C17H16O4. The maximum absolute atomic E-state index is 11.8. The van der Waals surface area contributed by atoms with E-state index in [0.29, 0.717) is 11.3 Å². The summed E-state index contributed by atoms with van der Waals surface area (Å²) in [7, 11) is 2.77. The van der Waals surface area contributed by atoms with E-state index in [4.69, 9.17) is 9.47 Å². The Balaban J connectivity index is 2.47. The van der Waals surface area contributed by atoms with Crippen molar-refractivity contribution in [1.82, 2.24) is 0 Å². The summed E-state index contributed by atoms with van der Waals surface area (Å²) in [4.78, 5) is 11.8. The molecule has 0 saturated heterocycles. The summed E-state index contributed by atoms with van der Waals surface area (Å²) in [5.74, 6) is -0.301. The highest BCUT2D eigenvalue weighted by atomic mass is 16.5. The molecule has 0 saturated carbocycles. The molecule has 4 nitrogen and oxygen atoms in total. The molecule has 0 aliphatic heterocycles. The fraction of sp³-hybridized carbons (Fsp3) is 0.118. The lowest BCUT2D eigenvalue weighted by molar-refractivity contribution is 0.0597. The van der Waals surface area contributed by atoms with E-state index in [9.17, 15) is 9.90 Å². The van der Waals surface area contributed by atoms with Crippen molar-refractivity contribution in [2.45, 2.75) is 0 Å². The van der Waals surface area contributed by atoms with E-state index < -0.39 is 5.97 Å². The lowest BCUT2D eigenvalue weighted by Crippen LogP contribution is -2.04. The van der Waals surface area contributed by atoms with Crippen LogP contribution in [0.4, 0.5) is 0 Å². The first-order valence-corrected chi connectivity index (χ1v) is 6.38. The highest BCUT2D eigenvalue weighted by Gasteiger charge is 2.17. The summed E-state index contributed by atoms with van der Waals surface area (Å²) >= 11 is 0. The molecule has 0 bridgehead atoms. The summed E-state index contributed by atoms with van der Waals surface area (Å²) in [6, 6.07) is 12.7. The van der Waals surface area contributed by atoms with Gasteiger partial charge in [-0.3, -0.25) is 0 Å². The van der Waals surface area contributed by atoms with E-state index in [1.54, 1.807) is 12.1 Å². The van der Waals surface area contributed by atoms with Gasteiger partial charge in [0.2, 0.25) is 0 Å². The number of benzene rings is 2. The van der Waals surface area contributed by atoms with Crippen LogP contribution >= 0.6 is 0 Å². The molecule has 0 aliphatic carbocycles. The molecule has 0 amide bonds. The van der Waals surface area contributed by atoms with Crippen molar-refractivity contribution in [3.63, 3.8) is 0 Å². The number of phenolic OH excluding ortho intramolecular Hbond substituents is 1. The van der Waals surface area contributed by atoms with Crippen molar-refractivity contribution < 1.29 is 19.4 Å². The Bertz CT molecular complexity index is 660. The minimum absolute atomic E-state index is 0.116. The number of hydrogen-bond acceptors (Lipinski definition) is 4. The Morgan fingerprint density at radius 1 is 1.10 bits per heavy atom. The largest absolute Gasteiger partial charge is 0.507 e. The molecule has 0 unspecified atom stereocenters. The van der Waals surface area contributed by atoms with Crippen molar-refractivity contribution in [1.29, 1.82) is 0 Å². The number of esters is 1. The van der Waals surface area contributed by atoms with E-state index in [-0.39, 0.29) is 11.3 Å². The minimum atomic E-state index is -0.595. The quantitative estimate of drug-likeness (QED) is 0.691. The first-order valence-electron chi connectivity index (χ1n) is 6.38. The smallest absolute Gasteiger partial charge is 0.342 e. The van der Waals surface area contributed by atoms with Gasteiger partial charge in [0.05, 0.1) is 14.2 Å². The number of carbonyl (C=O) groups is 1. The molecule has 0 fully saturated rings. The Kier molecular flexibility index (Phi) is 4.61. The molecule has 0 aromatic heterocycles. The molecule has 4 heteroatoms. The number of aromatic hydroxyl groups is 1. The van der Waals surface area contributed by atoms with Crippen molar-refractivity contribution in [2.24, 2.45) is 0 Å². The van der Waals surface area contributed by atoms with Gasteiger partial charge in [0, 0.05) is 6.07 Å². The SMILES string of the molecule is COC(=O)c1c(O)cc(OC)cc1C=Cc1ccccc1. The second-order valence-corrected chi connectivity index (χ2v) is 4.35. The monoisotopic (exact) mass is 284 g/mol. The Hall–Kier alpha value is -2.75. The number of methoxy groups -OCH3 is 2. The fourth-order valence-electron chi connectivity index (χ4n) is 1.95. The molecule has 108 valence electrons. The Labute approximate surface area is 123 Å². The van der Waals surface area contributed by atoms with Crippen LogP contribution in [0.15, 0.2) is 42.5 Å². The topological polar surface area (TPSA) is 55.8 Å². The summed E-state index contributed by atoms with van der Waals surface area (Å²) in [6.07, 6.45) is 3.59. The summed E-state index contributed by atoms with van der Waals surface area (Å²) in [6.45, 7) is 0. The predicted octanol–water partition coefficient (Wildman–Crippen LogP) is 3.36. The fourth-order valence-corrected chi connectivity index (χ4v) is 1.95. The van der Waals surface area contributed by atoms with Gasteiger partial charge in [-0.15, -0.1) is 0 Å². The molecule has 2 aromatic carbocycles. The number of ether oxygens (including phenoxy) is 2. The highest BCUT2D eigenvalue weighted by Crippen LogP contribution is 2.29. The van der Waals surface area contributed by atoms with Gasteiger partial charge in [0.1, 0.15) is 17.1 Å². The highest BCUT2D eigenvalue weighted by molar-refractivity contribution is 5.98. The zero-order chi connectivity index (χ0) is 15.2. The third-order valence-electron chi connectivity index (χ3n) is 3.00. The van der Waals surface area contributed by atoms with Gasteiger partial charge in [0.25, 0.3) is 0 Å². The van der Waals surface area contributed by atoms with E-state index in [1.165, 1.54) is 20.3 Å². The molecule has 1 N–H and O–H groups in total. The van der Waals surface area contributed by atoms with Crippen LogP contribution in [-0.4, -0.2) is 25.3 Å². The van der Waals surface area contributed by atoms with Crippen LogP contribution in [0.5, 0.6) is 11.5 Å². The maximum Gasteiger partial charge on any atom is 0.342 e. The summed E-state index contributed by atoms with van der Waals surface area (Å²) in [5, 5.41) is 9.99. The number of rotatable bonds is 4. The van der Waals surface area contributed by atoms with Gasteiger partial charge in [-0.05, 0) is 17.2 Å². The van der Waals surface area contributed by atoms with Crippen molar-refractivity contribution in [3.8, 4) is 11.5 Å². The van der Waals surface area contributed by atoms with E-state index in [2.05, 4.69) is 0 Å². The van der Waals surface area contributed by atoms with Crippen LogP contribution < -0.4 is 4.74 Å². The zero-order valence-corrected chi connectivity index (χ0v) is 11.9. The maximum atomic E-state index is 11.8. The number of carbonyl (C=O) groups excluding carboxylic acids is 1. The second-order valence-electron chi connectivity index (χ2n) is 4.35. The average Bonchev–Trinajstić information content (AvgIpc) is 2.52. The van der Waals surface area contributed by atoms with Crippen molar-refractivity contribution in [2.75, 3.05) is 14.2 Å². The zero-order valence-electron chi connectivity index (χ0n) is 11.9. The minimum Gasteiger partial charge on any atom is -0.507 e. The van der Waals surface area contributed by atoms with Crippen LogP contribution in [0.25, 0.3) is 12.2 Å². The molecule has 0 radical (unpaired) electrons. The van der Waals surface area contributed by atoms with Gasteiger partial charge >= 0.3 is 5.97 Å². The summed E-state index contributed by atoms with van der Waals surface area (Å²) in [5.41, 5.74) is 1.63. The lowest BCUT2D eigenvalue weighted by atomic mass is 10.0. The molecule has 0 atom stereocenters. The standard InChI is InChI=1S/C17H16O4/c1-20-14-10-13(9-8-12-6-4-3-5-7-12)16(15(18)11-14)17(19)21-2/h3-11,18H,1-2H3. The van der Waals surface area contributed by atoms with Gasteiger partial charge in [0.15, 0.2) is 0 Å². The first-order chi connectivity index (χ1) is 10.2. The van der Waals surface area contributed by atoms with Crippen molar-refractivity contribution >= 4 is 18.1 Å². The normalized spacial score (nSPS) is 10.6. The summed E-state index contributed by atoms with van der Waals surface area (Å²) < 4.78 is 9.82. The van der Waals surface area contributed by atoms with E-state index in [0.717, 1.165) is 5.56 Å². The molecular weight excluding hydrogens is 268 g/mol. The van der Waals surface area contributed by atoms with Crippen LogP contribution in [0.1, 0.15) is 21.5 Å². The van der Waals surface area contributed by atoms with Crippen molar-refractivity contribution in [3.05, 3.63) is 59.2 Å². The van der Waals surface area contributed by atoms with Gasteiger partial charge in [-0.25, -0.2) is 4.79 Å². The predicted molar refractivity (Wildman–Crippen MR) is 81.4 cm³/mol. The molecule has 2 rings (SSSR count). The molecule has 0 spiro atoms.